The minimum Gasteiger partial charge on any atom is -0.486 e. The highest BCUT2D eigenvalue weighted by Gasteiger charge is 2.12. The van der Waals surface area contributed by atoms with E-state index in [2.05, 4.69) is 5.32 Å². The summed E-state index contributed by atoms with van der Waals surface area (Å²) in [5.41, 5.74) is 6.11. The summed E-state index contributed by atoms with van der Waals surface area (Å²) in [4.78, 5) is 11.6. The lowest BCUT2D eigenvalue weighted by Gasteiger charge is -2.19. The van der Waals surface area contributed by atoms with Crippen molar-refractivity contribution < 1.29 is 14.3 Å². The van der Waals surface area contributed by atoms with E-state index in [4.69, 9.17) is 15.2 Å². The fourth-order valence-corrected chi connectivity index (χ4v) is 1.77. The second kappa shape index (κ2) is 6.26. The highest BCUT2D eigenvalue weighted by molar-refractivity contribution is 5.91. The van der Waals surface area contributed by atoms with Gasteiger partial charge in [0.05, 0.1) is 0 Å². The number of rotatable bonds is 5. The van der Waals surface area contributed by atoms with E-state index in [0.717, 1.165) is 24.3 Å². The van der Waals surface area contributed by atoms with Gasteiger partial charge in [-0.25, -0.2) is 0 Å². The number of unbranched alkanes of at least 4 members (excludes halogenated alkanes) is 1. The van der Waals surface area contributed by atoms with Crippen LogP contribution in [-0.2, 0) is 4.79 Å². The van der Waals surface area contributed by atoms with E-state index in [-0.39, 0.29) is 5.91 Å². The molecule has 3 N–H and O–H groups in total. The van der Waals surface area contributed by atoms with Gasteiger partial charge in [-0.1, -0.05) is 0 Å². The Morgan fingerprint density at radius 3 is 2.78 bits per heavy atom. The molecule has 1 heterocycles. The number of hydrogen-bond donors (Lipinski definition) is 2. The lowest BCUT2D eigenvalue weighted by Crippen LogP contribution is -2.16. The van der Waals surface area contributed by atoms with Crippen molar-refractivity contribution in [1.82, 2.24) is 0 Å². The minimum atomic E-state index is 0.000118. The summed E-state index contributed by atoms with van der Waals surface area (Å²) in [6.07, 6.45) is 2.17. The standard InChI is InChI=1S/C13H18N2O3/c14-6-2-1-3-13(16)15-10-4-5-11-12(9-10)18-8-7-17-11/h4-5,9H,1-3,6-8,14H2,(H,15,16). The Kier molecular flexibility index (Phi) is 4.41. The third-order valence-corrected chi connectivity index (χ3v) is 2.68. The Morgan fingerprint density at radius 2 is 2.00 bits per heavy atom. The van der Waals surface area contributed by atoms with Crippen molar-refractivity contribution in [2.24, 2.45) is 5.73 Å². The van der Waals surface area contributed by atoms with E-state index in [9.17, 15) is 4.79 Å². The first-order valence-electron chi connectivity index (χ1n) is 6.19. The SMILES string of the molecule is NCCCCC(=O)Nc1ccc2c(c1)OCCO2. The maximum Gasteiger partial charge on any atom is 0.224 e. The van der Waals surface area contributed by atoms with Crippen molar-refractivity contribution in [3.8, 4) is 11.5 Å². The Morgan fingerprint density at radius 1 is 1.22 bits per heavy atom. The van der Waals surface area contributed by atoms with Crippen molar-refractivity contribution in [1.29, 1.82) is 0 Å². The number of carbonyl (C=O) groups excluding carboxylic acids is 1. The normalized spacial score (nSPS) is 13.2. The van der Waals surface area contributed by atoms with Crippen LogP contribution in [0.1, 0.15) is 19.3 Å². The molecular weight excluding hydrogens is 232 g/mol. The highest BCUT2D eigenvalue weighted by atomic mass is 16.6. The summed E-state index contributed by atoms with van der Waals surface area (Å²) in [5.74, 6) is 1.41. The smallest absolute Gasteiger partial charge is 0.224 e. The number of nitrogens with two attached hydrogens (primary N) is 1. The molecule has 1 aromatic rings. The number of fused-ring (bicyclic) bond motifs is 1. The van der Waals surface area contributed by atoms with Gasteiger partial charge >= 0.3 is 0 Å². The molecule has 0 saturated heterocycles. The van der Waals surface area contributed by atoms with Crippen LogP contribution in [0.3, 0.4) is 0 Å². The molecule has 0 spiro atoms. The summed E-state index contributed by atoms with van der Waals surface area (Å²) in [7, 11) is 0. The predicted octanol–water partition coefficient (Wildman–Crippen LogP) is 1.53. The van der Waals surface area contributed by atoms with Crippen LogP contribution < -0.4 is 20.5 Å². The van der Waals surface area contributed by atoms with E-state index in [1.165, 1.54) is 0 Å². The molecule has 98 valence electrons. The summed E-state index contributed by atoms with van der Waals surface area (Å²) in [5, 5.41) is 2.84. The van der Waals surface area contributed by atoms with E-state index >= 15 is 0 Å². The molecule has 1 aliphatic rings. The van der Waals surface area contributed by atoms with Crippen molar-refractivity contribution in [2.45, 2.75) is 19.3 Å². The maximum absolute atomic E-state index is 11.6. The highest BCUT2D eigenvalue weighted by Crippen LogP contribution is 2.32. The molecule has 0 saturated carbocycles. The van der Waals surface area contributed by atoms with E-state index in [1.807, 2.05) is 12.1 Å². The van der Waals surface area contributed by atoms with Crippen LogP contribution in [0.2, 0.25) is 0 Å². The topological polar surface area (TPSA) is 73.6 Å². The monoisotopic (exact) mass is 250 g/mol. The van der Waals surface area contributed by atoms with Crippen LogP contribution in [0.5, 0.6) is 11.5 Å². The van der Waals surface area contributed by atoms with Gasteiger partial charge in [0.15, 0.2) is 11.5 Å². The molecule has 5 heteroatoms. The molecule has 0 unspecified atom stereocenters. The van der Waals surface area contributed by atoms with E-state index < -0.39 is 0 Å². The molecule has 0 radical (unpaired) electrons. The zero-order valence-electron chi connectivity index (χ0n) is 10.3. The fraction of sp³-hybridized carbons (Fsp3) is 0.462. The average Bonchev–Trinajstić information content (AvgIpc) is 2.39. The number of benzene rings is 1. The number of nitrogens with one attached hydrogen (secondary N) is 1. The van der Waals surface area contributed by atoms with Gasteiger partial charge in [0, 0.05) is 18.2 Å². The van der Waals surface area contributed by atoms with Crippen molar-refractivity contribution >= 4 is 11.6 Å². The van der Waals surface area contributed by atoms with Crippen LogP contribution in [0.25, 0.3) is 0 Å². The van der Waals surface area contributed by atoms with Crippen molar-refractivity contribution in [3.63, 3.8) is 0 Å². The number of hydrogen-bond acceptors (Lipinski definition) is 4. The van der Waals surface area contributed by atoms with Crippen molar-refractivity contribution in [2.75, 3.05) is 25.1 Å². The number of carbonyl (C=O) groups is 1. The lowest BCUT2D eigenvalue weighted by molar-refractivity contribution is -0.116. The molecule has 2 rings (SSSR count). The number of ether oxygens (including phenoxy) is 2. The number of amides is 1. The fourth-order valence-electron chi connectivity index (χ4n) is 1.77. The minimum absolute atomic E-state index is 0.000118. The van der Waals surface area contributed by atoms with Gasteiger partial charge in [-0.2, -0.15) is 0 Å². The molecule has 1 aliphatic heterocycles. The molecule has 0 aliphatic carbocycles. The Hall–Kier alpha value is -1.75. The molecule has 1 amide bonds. The largest absolute Gasteiger partial charge is 0.486 e. The quantitative estimate of drug-likeness (QED) is 0.777. The van der Waals surface area contributed by atoms with Crippen LogP contribution >= 0.6 is 0 Å². The second-order valence-electron chi connectivity index (χ2n) is 4.15. The second-order valence-corrected chi connectivity index (χ2v) is 4.15. The van der Waals surface area contributed by atoms with Crippen LogP contribution in [-0.4, -0.2) is 25.7 Å². The van der Waals surface area contributed by atoms with E-state index in [1.54, 1.807) is 6.07 Å². The van der Waals surface area contributed by atoms with Crippen LogP contribution in [0.4, 0.5) is 5.69 Å². The van der Waals surface area contributed by atoms with Crippen LogP contribution in [0, 0.1) is 0 Å². The average molecular weight is 250 g/mol. The third kappa shape index (κ3) is 3.37. The Labute approximate surface area is 106 Å². The summed E-state index contributed by atoms with van der Waals surface area (Å²) in [6, 6.07) is 5.41. The summed E-state index contributed by atoms with van der Waals surface area (Å²) >= 11 is 0. The zero-order chi connectivity index (χ0) is 12.8. The first-order valence-corrected chi connectivity index (χ1v) is 6.19. The lowest BCUT2D eigenvalue weighted by atomic mass is 10.2. The first kappa shape index (κ1) is 12.7. The molecule has 1 aromatic carbocycles. The van der Waals surface area contributed by atoms with Gasteiger partial charge < -0.3 is 20.5 Å². The maximum atomic E-state index is 11.6. The molecule has 0 fully saturated rings. The van der Waals surface area contributed by atoms with Gasteiger partial charge in [-0.15, -0.1) is 0 Å². The summed E-state index contributed by atoms with van der Waals surface area (Å²) < 4.78 is 10.9. The molecule has 0 bridgehead atoms. The molecular formula is C13H18N2O3. The van der Waals surface area contributed by atoms with Gasteiger partial charge in [0.1, 0.15) is 13.2 Å². The number of anilines is 1. The van der Waals surface area contributed by atoms with E-state index in [0.29, 0.717) is 31.9 Å². The Balaban J connectivity index is 1.91. The molecule has 18 heavy (non-hydrogen) atoms. The first-order chi connectivity index (χ1) is 8.79. The van der Waals surface area contributed by atoms with Crippen LogP contribution in [0.15, 0.2) is 18.2 Å². The molecule has 0 aromatic heterocycles. The van der Waals surface area contributed by atoms with Crippen molar-refractivity contribution in [3.05, 3.63) is 18.2 Å². The van der Waals surface area contributed by atoms with Gasteiger partial charge in [0.25, 0.3) is 0 Å². The summed E-state index contributed by atoms with van der Waals surface area (Å²) in [6.45, 7) is 1.73. The zero-order valence-corrected chi connectivity index (χ0v) is 10.3. The third-order valence-electron chi connectivity index (χ3n) is 2.68. The predicted molar refractivity (Wildman–Crippen MR) is 69.0 cm³/mol. The van der Waals surface area contributed by atoms with Gasteiger partial charge in [-0.05, 0) is 31.5 Å². The molecule has 5 nitrogen and oxygen atoms in total. The Bertz CT molecular complexity index is 421. The van der Waals surface area contributed by atoms with Gasteiger partial charge in [0.2, 0.25) is 5.91 Å². The molecule has 0 atom stereocenters. The van der Waals surface area contributed by atoms with Gasteiger partial charge in [-0.3, -0.25) is 4.79 Å².